The summed E-state index contributed by atoms with van der Waals surface area (Å²) in [5, 5.41) is 4.07. The third-order valence-electron chi connectivity index (χ3n) is 3.29. The van der Waals surface area contributed by atoms with Gasteiger partial charge < -0.3 is 14.0 Å². The van der Waals surface area contributed by atoms with Crippen molar-refractivity contribution in [2.45, 2.75) is 24.9 Å². The number of aryl methyl sites for hydroxylation is 1. The summed E-state index contributed by atoms with van der Waals surface area (Å²) < 4.78 is 40.7. The number of hydrogen-bond donors (Lipinski definition) is 0. The van der Waals surface area contributed by atoms with Gasteiger partial charge in [-0.05, 0) is 24.6 Å². The maximum Gasteiger partial charge on any atom is 0.179 e. The first-order valence-electron chi connectivity index (χ1n) is 7.13. The third-order valence-corrected chi connectivity index (χ3v) is 5.08. The first-order chi connectivity index (χ1) is 10.9. The van der Waals surface area contributed by atoms with Crippen LogP contribution in [0.5, 0.6) is 11.5 Å². The normalized spacial score (nSPS) is 14.5. The molecular formula is C15H16ClNO5S. The van der Waals surface area contributed by atoms with Crippen LogP contribution in [0.15, 0.2) is 22.7 Å². The zero-order valence-electron chi connectivity index (χ0n) is 12.5. The summed E-state index contributed by atoms with van der Waals surface area (Å²) in [7, 11) is -3.40. The summed E-state index contributed by atoms with van der Waals surface area (Å²) in [4.78, 5) is 0. The highest BCUT2D eigenvalue weighted by Gasteiger charge is 2.20. The van der Waals surface area contributed by atoms with Crippen molar-refractivity contribution in [1.82, 2.24) is 5.16 Å². The highest BCUT2D eigenvalue weighted by atomic mass is 35.5. The lowest BCUT2D eigenvalue weighted by atomic mass is 10.2. The van der Waals surface area contributed by atoms with E-state index in [1.54, 1.807) is 25.1 Å². The molecule has 0 spiro atoms. The molecule has 1 aliphatic heterocycles. The van der Waals surface area contributed by atoms with Crippen molar-refractivity contribution in [1.29, 1.82) is 0 Å². The predicted octanol–water partition coefficient (Wildman–Crippen LogP) is 2.91. The molecule has 0 bridgehead atoms. The number of nitrogens with zero attached hydrogens (tertiary/aromatic N) is 1. The van der Waals surface area contributed by atoms with Crippen LogP contribution in [-0.2, 0) is 21.3 Å². The Bertz CT molecular complexity index is 815. The summed E-state index contributed by atoms with van der Waals surface area (Å²) in [6.45, 7) is 2.75. The van der Waals surface area contributed by atoms with E-state index in [0.29, 0.717) is 46.8 Å². The SMILES string of the molecule is Cc1cc(CS(=O)(=O)Cc2cc(Cl)c3c(c2)OCCCO3)no1. The van der Waals surface area contributed by atoms with Gasteiger partial charge in [0.15, 0.2) is 21.3 Å². The molecule has 0 saturated carbocycles. The predicted molar refractivity (Wildman–Crippen MR) is 84.6 cm³/mol. The fourth-order valence-corrected chi connectivity index (χ4v) is 4.03. The zero-order valence-corrected chi connectivity index (χ0v) is 14.1. The molecule has 124 valence electrons. The van der Waals surface area contributed by atoms with Crippen molar-refractivity contribution in [3.05, 3.63) is 40.2 Å². The Balaban J connectivity index is 1.82. The Morgan fingerprint density at radius 2 is 1.96 bits per heavy atom. The van der Waals surface area contributed by atoms with Crippen LogP contribution in [0, 0.1) is 6.92 Å². The van der Waals surface area contributed by atoms with E-state index in [-0.39, 0.29) is 11.5 Å². The molecule has 0 amide bonds. The van der Waals surface area contributed by atoms with Crippen molar-refractivity contribution < 1.29 is 22.4 Å². The highest BCUT2D eigenvalue weighted by molar-refractivity contribution is 7.89. The van der Waals surface area contributed by atoms with Crippen LogP contribution in [0.1, 0.15) is 23.4 Å². The number of aromatic nitrogens is 1. The van der Waals surface area contributed by atoms with Gasteiger partial charge in [0.2, 0.25) is 0 Å². The van der Waals surface area contributed by atoms with E-state index in [2.05, 4.69) is 5.16 Å². The van der Waals surface area contributed by atoms with Gasteiger partial charge in [-0.1, -0.05) is 16.8 Å². The van der Waals surface area contributed by atoms with Gasteiger partial charge in [0.1, 0.15) is 5.76 Å². The molecule has 0 fully saturated rings. The standard InChI is InChI=1S/C15H16ClNO5S/c1-10-5-12(17-22-10)9-23(18,19)8-11-6-13(16)15-14(7-11)20-3-2-4-21-15/h5-7H,2-4,8-9H2,1H3. The molecule has 0 unspecified atom stereocenters. The number of hydrogen-bond acceptors (Lipinski definition) is 6. The fraction of sp³-hybridized carbons (Fsp3) is 0.400. The van der Waals surface area contributed by atoms with E-state index < -0.39 is 9.84 Å². The van der Waals surface area contributed by atoms with E-state index in [9.17, 15) is 8.42 Å². The Labute approximate surface area is 139 Å². The lowest BCUT2D eigenvalue weighted by molar-refractivity contribution is 0.297. The molecule has 1 aromatic carbocycles. The maximum absolute atomic E-state index is 12.3. The summed E-state index contributed by atoms with van der Waals surface area (Å²) >= 11 is 6.19. The molecule has 0 radical (unpaired) electrons. The summed E-state index contributed by atoms with van der Waals surface area (Å²) in [6.07, 6.45) is 0.754. The molecule has 8 heteroatoms. The highest BCUT2D eigenvalue weighted by Crippen LogP contribution is 2.38. The summed E-state index contributed by atoms with van der Waals surface area (Å²) in [5.41, 5.74) is 0.947. The second-order valence-electron chi connectivity index (χ2n) is 5.42. The van der Waals surface area contributed by atoms with Crippen molar-refractivity contribution in [2.75, 3.05) is 13.2 Å². The Morgan fingerprint density at radius 3 is 2.70 bits per heavy atom. The Morgan fingerprint density at radius 1 is 1.17 bits per heavy atom. The van der Waals surface area contributed by atoms with Crippen LogP contribution in [0.2, 0.25) is 5.02 Å². The average Bonchev–Trinajstić information content (AvgIpc) is 2.72. The van der Waals surface area contributed by atoms with Crippen LogP contribution in [0.25, 0.3) is 0 Å². The molecule has 3 rings (SSSR count). The molecular weight excluding hydrogens is 342 g/mol. The maximum atomic E-state index is 12.3. The first kappa shape index (κ1) is 16.1. The number of fused-ring (bicyclic) bond motifs is 1. The summed E-state index contributed by atoms with van der Waals surface area (Å²) in [5.74, 6) is 1.19. The van der Waals surface area contributed by atoms with Gasteiger partial charge in [-0.3, -0.25) is 0 Å². The number of halogens is 1. The minimum Gasteiger partial charge on any atom is -0.489 e. The van der Waals surface area contributed by atoms with E-state index >= 15 is 0 Å². The molecule has 0 N–H and O–H groups in total. The smallest absolute Gasteiger partial charge is 0.179 e. The van der Waals surface area contributed by atoms with Crippen LogP contribution in [0.3, 0.4) is 0 Å². The number of benzene rings is 1. The van der Waals surface area contributed by atoms with Crippen LogP contribution in [0.4, 0.5) is 0 Å². The van der Waals surface area contributed by atoms with Gasteiger partial charge in [-0.2, -0.15) is 0 Å². The molecule has 2 aromatic rings. The second-order valence-corrected chi connectivity index (χ2v) is 7.89. The van der Waals surface area contributed by atoms with Gasteiger partial charge in [0.05, 0.1) is 35.4 Å². The molecule has 0 aliphatic carbocycles. The Kier molecular flexibility index (Phi) is 4.50. The number of sulfone groups is 1. The van der Waals surface area contributed by atoms with Gasteiger partial charge in [0.25, 0.3) is 0 Å². The average molecular weight is 358 g/mol. The third kappa shape index (κ3) is 3.97. The van der Waals surface area contributed by atoms with Crippen molar-refractivity contribution >= 4 is 21.4 Å². The Hall–Kier alpha value is -1.73. The minimum atomic E-state index is -3.40. The number of rotatable bonds is 4. The van der Waals surface area contributed by atoms with Crippen molar-refractivity contribution in [3.8, 4) is 11.5 Å². The van der Waals surface area contributed by atoms with Crippen molar-refractivity contribution in [3.63, 3.8) is 0 Å². The molecule has 0 atom stereocenters. The van der Waals surface area contributed by atoms with Crippen LogP contribution >= 0.6 is 11.6 Å². The van der Waals surface area contributed by atoms with E-state index in [4.69, 9.17) is 25.6 Å². The number of ether oxygens (including phenoxy) is 2. The largest absolute Gasteiger partial charge is 0.489 e. The molecule has 0 saturated heterocycles. The molecule has 6 nitrogen and oxygen atoms in total. The molecule has 2 heterocycles. The lowest BCUT2D eigenvalue weighted by Crippen LogP contribution is -2.08. The van der Waals surface area contributed by atoms with E-state index in [1.165, 1.54) is 0 Å². The first-order valence-corrected chi connectivity index (χ1v) is 9.33. The van der Waals surface area contributed by atoms with E-state index in [0.717, 1.165) is 6.42 Å². The van der Waals surface area contributed by atoms with Gasteiger partial charge in [-0.15, -0.1) is 0 Å². The van der Waals surface area contributed by atoms with E-state index in [1.807, 2.05) is 0 Å². The van der Waals surface area contributed by atoms with Crippen LogP contribution in [-0.4, -0.2) is 26.8 Å². The van der Waals surface area contributed by atoms with Gasteiger partial charge in [0, 0.05) is 12.5 Å². The second kappa shape index (κ2) is 6.41. The zero-order chi connectivity index (χ0) is 16.4. The molecule has 1 aliphatic rings. The van der Waals surface area contributed by atoms with Crippen molar-refractivity contribution in [2.24, 2.45) is 0 Å². The van der Waals surface area contributed by atoms with Gasteiger partial charge in [-0.25, -0.2) is 8.42 Å². The quantitative estimate of drug-likeness (QED) is 0.837. The van der Waals surface area contributed by atoms with Gasteiger partial charge >= 0.3 is 0 Å². The minimum absolute atomic E-state index is 0.157. The van der Waals surface area contributed by atoms with Crippen LogP contribution < -0.4 is 9.47 Å². The lowest BCUT2D eigenvalue weighted by Gasteiger charge is -2.11. The fourth-order valence-electron chi connectivity index (χ4n) is 2.38. The summed E-state index contributed by atoms with van der Waals surface area (Å²) in [6, 6.07) is 4.87. The molecule has 1 aromatic heterocycles. The molecule has 23 heavy (non-hydrogen) atoms. The monoisotopic (exact) mass is 357 g/mol. The topological polar surface area (TPSA) is 78.6 Å².